The van der Waals surface area contributed by atoms with Crippen LogP contribution in [0.3, 0.4) is 0 Å². The summed E-state index contributed by atoms with van der Waals surface area (Å²) in [6.45, 7) is 3.85. The van der Waals surface area contributed by atoms with Crippen LogP contribution in [0.15, 0.2) is 0 Å². The fourth-order valence-corrected chi connectivity index (χ4v) is 1.30. The molecule has 0 saturated carbocycles. The van der Waals surface area contributed by atoms with E-state index in [0.717, 1.165) is 0 Å². The van der Waals surface area contributed by atoms with E-state index < -0.39 is 5.91 Å². The Bertz CT molecular complexity index is 239. The quantitative estimate of drug-likeness (QED) is 0.591. The third kappa shape index (κ3) is 5.09. The van der Waals surface area contributed by atoms with Crippen molar-refractivity contribution in [1.82, 2.24) is 4.90 Å². The predicted octanol–water partition coefficient (Wildman–Crippen LogP) is -0.927. The smallest absolute Gasteiger partial charge is 0.237 e. The molecule has 0 bridgehead atoms. The van der Waals surface area contributed by atoms with Crippen molar-refractivity contribution < 1.29 is 14.3 Å². The van der Waals surface area contributed by atoms with Crippen LogP contribution in [-0.2, 0) is 14.3 Å². The molecule has 0 aromatic carbocycles. The molecular weight excluding hydrogens is 210 g/mol. The molecule has 0 aliphatic carbocycles. The van der Waals surface area contributed by atoms with Crippen LogP contribution in [0.2, 0.25) is 0 Å². The fraction of sp³-hybridized carbons (Fsp3) is 0.800. The second kappa shape index (κ2) is 7.19. The molecule has 0 aromatic rings. The fourth-order valence-electron chi connectivity index (χ4n) is 1.30. The number of hydrogen-bond donors (Lipinski definition) is 2. The molecule has 0 rings (SSSR count). The van der Waals surface area contributed by atoms with E-state index in [1.807, 2.05) is 13.8 Å². The van der Waals surface area contributed by atoms with Crippen molar-refractivity contribution in [1.29, 1.82) is 0 Å². The third-order valence-electron chi connectivity index (χ3n) is 2.27. The van der Waals surface area contributed by atoms with E-state index >= 15 is 0 Å². The molecule has 1 atom stereocenters. The first kappa shape index (κ1) is 14.9. The Morgan fingerprint density at radius 1 is 1.38 bits per heavy atom. The van der Waals surface area contributed by atoms with Crippen molar-refractivity contribution in [2.45, 2.75) is 32.4 Å². The van der Waals surface area contributed by atoms with Crippen LogP contribution in [0.5, 0.6) is 0 Å². The first-order chi connectivity index (χ1) is 7.42. The van der Waals surface area contributed by atoms with Crippen LogP contribution < -0.4 is 11.5 Å². The summed E-state index contributed by atoms with van der Waals surface area (Å²) in [5.74, 6) is -0.699. The number of carbonyl (C=O) groups excluding carboxylic acids is 2. The van der Waals surface area contributed by atoms with Gasteiger partial charge in [-0.3, -0.25) is 9.59 Å². The van der Waals surface area contributed by atoms with Crippen LogP contribution in [0.1, 0.15) is 20.3 Å². The van der Waals surface area contributed by atoms with Gasteiger partial charge in [0.15, 0.2) is 0 Å². The summed E-state index contributed by atoms with van der Waals surface area (Å²) in [5, 5.41) is 0. The maximum absolute atomic E-state index is 11.8. The SMILES string of the molecule is COC(CN)CC(=O)N(CC(N)=O)C(C)C. The van der Waals surface area contributed by atoms with Gasteiger partial charge in [-0.15, -0.1) is 0 Å². The number of primary amides is 1. The molecule has 0 heterocycles. The molecule has 1 unspecified atom stereocenters. The molecule has 0 aliphatic heterocycles. The Labute approximate surface area is 95.9 Å². The van der Waals surface area contributed by atoms with Gasteiger partial charge >= 0.3 is 0 Å². The van der Waals surface area contributed by atoms with Crippen molar-refractivity contribution >= 4 is 11.8 Å². The van der Waals surface area contributed by atoms with E-state index in [1.54, 1.807) is 0 Å². The molecule has 0 fully saturated rings. The number of rotatable bonds is 7. The number of ether oxygens (including phenoxy) is 1. The largest absolute Gasteiger partial charge is 0.380 e. The minimum absolute atomic E-state index is 0.0719. The maximum Gasteiger partial charge on any atom is 0.237 e. The van der Waals surface area contributed by atoms with E-state index in [4.69, 9.17) is 16.2 Å². The summed E-state index contributed by atoms with van der Waals surface area (Å²) in [4.78, 5) is 24.1. The van der Waals surface area contributed by atoms with Gasteiger partial charge in [-0.1, -0.05) is 0 Å². The highest BCUT2D eigenvalue weighted by atomic mass is 16.5. The zero-order chi connectivity index (χ0) is 12.7. The van der Waals surface area contributed by atoms with Gasteiger partial charge in [0.1, 0.15) is 0 Å². The van der Waals surface area contributed by atoms with Gasteiger partial charge in [-0.2, -0.15) is 0 Å². The standard InChI is InChI=1S/C10H21N3O3/c1-7(2)13(6-9(12)14)10(15)4-8(5-11)16-3/h7-8H,4-6,11H2,1-3H3,(H2,12,14). The predicted molar refractivity (Wildman–Crippen MR) is 60.5 cm³/mol. The van der Waals surface area contributed by atoms with E-state index in [0.29, 0.717) is 0 Å². The van der Waals surface area contributed by atoms with Gasteiger partial charge in [0.05, 0.1) is 19.1 Å². The highest BCUT2D eigenvalue weighted by molar-refractivity contribution is 5.84. The summed E-state index contributed by atoms with van der Waals surface area (Å²) in [7, 11) is 1.50. The van der Waals surface area contributed by atoms with Gasteiger partial charge in [-0.25, -0.2) is 0 Å². The van der Waals surface area contributed by atoms with E-state index in [9.17, 15) is 9.59 Å². The van der Waals surface area contributed by atoms with Gasteiger partial charge in [0.2, 0.25) is 11.8 Å². The highest BCUT2D eigenvalue weighted by Crippen LogP contribution is 2.05. The summed E-state index contributed by atoms with van der Waals surface area (Å²) < 4.78 is 5.02. The molecule has 6 nitrogen and oxygen atoms in total. The molecule has 2 amide bonds. The molecule has 0 saturated heterocycles. The Morgan fingerprint density at radius 2 is 1.94 bits per heavy atom. The van der Waals surface area contributed by atoms with E-state index in [-0.39, 0.29) is 37.6 Å². The van der Waals surface area contributed by atoms with Crippen LogP contribution in [0.4, 0.5) is 0 Å². The summed E-state index contributed by atoms with van der Waals surface area (Å²) in [5.41, 5.74) is 10.5. The molecule has 94 valence electrons. The Balaban J connectivity index is 4.43. The second-order valence-corrected chi connectivity index (χ2v) is 3.88. The monoisotopic (exact) mass is 231 g/mol. The van der Waals surface area contributed by atoms with Crippen molar-refractivity contribution in [2.24, 2.45) is 11.5 Å². The zero-order valence-corrected chi connectivity index (χ0v) is 10.1. The van der Waals surface area contributed by atoms with Gasteiger partial charge in [0, 0.05) is 19.7 Å². The van der Waals surface area contributed by atoms with E-state index in [2.05, 4.69) is 0 Å². The Morgan fingerprint density at radius 3 is 2.25 bits per heavy atom. The van der Waals surface area contributed by atoms with Crippen LogP contribution in [-0.4, -0.2) is 49.1 Å². The lowest BCUT2D eigenvalue weighted by atomic mass is 10.2. The average molecular weight is 231 g/mol. The normalized spacial score (nSPS) is 12.6. The summed E-state index contributed by atoms with van der Waals surface area (Å²) in [6.07, 6.45) is -0.153. The van der Waals surface area contributed by atoms with Crippen molar-refractivity contribution in [3.63, 3.8) is 0 Å². The number of methoxy groups -OCH3 is 1. The lowest BCUT2D eigenvalue weighted by Gasteiger charge is -2.26. The molecule has 4 N–H and O–H groups in total. The lowest BCUT2D eigenvalue weighted by molar-refractivity contribution is -0.138. The Kier molecular flexibility index (Phi) is 6.67. The summed E-state index contributed by atoms with van der Waals surface area (Å²) >= 11 is 0. The average Bonchev–Trinajstić information content (AvgIpc) is 2.21. The first-order valence-corrected chi connectivity index (χ1v) is 5.23. The minimum atomic E-state index is -0.524. The second-order valence-electron chi connectivity index (χ2n) is 3.88. The van der Waals surface area contributed by atoms with Gasteiger partial charge in [-0.05, 0) is 13.8 Å². The third-order valence-corrected chi connectivity index (χ3v) is 2.27. The van der Waals surface area contributed by atoms with Crippen molar-refractivity contribution in [3.8, 4) is 0 Å². The highest BCUT2D eigenvalue weighted by Gasteiger charge is 2.21. The number of amides is 2. The Hall–Kier alpha value is -1.14. The number of carbonyl (C=O) groups is 2. The molecule has 0 radical (unpaired) electrons. The van der Waals surface area contributed by atoms with Crippen LogP contribution >= 0.6 is 0 Å². The van der Waals surface area contributed by atoms with Crippen molar-refractivity contribution in [3.05, 3.63) is 0 Å². The van der Waals surface area contributed by atoms with Crippen molar-refractivity contribution in [2.75, 3.05) is 20.2 Å². The van der Waals surface area contributed by atoms with Crippen LogP contribution in [0, 0.1) is 0 Å². The molecule has 0 spiro atoms. The zero-order valence-electron chi connectivity index (χ0n) is 10.1. The van der Waals surface area contributed by atoms with E-state index in [1.165, 1.54) is 12.0 Å². The minimum Gasteiger partial charge on any atom is -0.380 e. The molecular formula is C10H21N3O3. The first-order valence-electron chi connectivity index (χ1n) is 5.23. The maximum atomic E-state index is 11.8. The number of nitrogens with two attached hydrogens (primary N) is 2. The van der Waals surface area contributed by atoms with Gasteiger partial charge in [0.25, 0.3) is 0 Å². The van der Waals surface area contributed by atoms with Gasteiger partial charge < -0.3 is 21.1 Å². The molecule has 0 aromatic heterocycles. The molecule has 6 heteroatoms. The number of hydrogen-bond acceptors (Lipinski definition) is 4. The molecule has 0 aliphatic rings. The molecule has 16 heavy (non-hydrogen) atoms. The lowest BCUT2D eigenvalue weighted by Crippen LogP contribution is -2.44. The number of nitrogens with zero attached hydrogens (tertiary/aromatic N) is 1. The summed E-state index contributed by atoms with van der Waals surface area (Å²) in [6, 6.07) is -0.0738. The van der Waals surface area contributed by atoms with Crippen LogP contribution in [0.25, 0.3) is 0 Å². The topological polar surface area (TPSA) is 98.7 Å².